The number of rotatable bonds is 5. The molecule has 18 heavy (non-hydrogen) atoms. The van der Waals surface area contributed by atoms with Crippen LogP contribution in [0.1, 0.15) is 10.9 Å². The van der Waals surface area contributed by atoms with E-state index in [1.54, 1.807) is 30.3 Å². The third-order valence-corrected chi connectivity index (χ3v) is 2.69. The Morgan fingerprint density at radius 1 is 1.33 bits per heavy atom. The lowest BCUT2D eigenvalue weighted by Gasteiger charge is -2.11. The zero-order valence-electron chi connectivity index (χ0n) is 9.29. The topological polar surface area (TPSA) is 74.6 Å². The average molecular weight is 267 g/mol. The molecule has 2 N–H and O–H groups in total. The highest BCUT2D eigenvalue weighted by molar-refractivity contribution is 6.25. The number of carbonyl (C=O) groups excluding carboxylic acids is 1. The maximum atomic E-state index is 11.1. The summed E-state index contributed by atoms with van der Waals surface area (Å²) in [6, 6.07) is 8.59. The van der Waals surface area contributed by atoms with Crippen molar-refractivity contribution in [3.05, 3.63) is 53.6 Å². The molecule has 0 amide bonds. The van der Waals surface area contributed by atoms with Gasteiger partial charge in [0, 0.05) is 6.08 Å². The van der Waals surface area contributed by atoms with Gasteiger partial charge in [0.05, 0.1) is 11.0 Å². The van der Waals surface area contributed by atoms with Gasteiger partial charge >= 0.3 is 5.97 Å². The molecule has 0 aliphatic carbocycles. The molecular formula is C13H11ClO4. The second-order valence-electron chi connectivity index (χ2n) is 3.48. The molecule has 0 saturated heterocycles. The van der Waals surface area contributed by atoms with Crippen molar-refractivity contribution in [1.29, 1.82) is 0 Å². The second-order valence-corrected chi connectivity index (χ2v) is 3.91. The molecule has 94 valence electrons. The van der Waals surface area contributed by atoms with Gasteiger partial charge in [-0.2, -0.15) is 0 Å². The number of benzene rings is 1. The summed E-state index contributed by atoms with van der Waals surface area (Å²) >= 11 is 6.04. The van der Waals surface area contributed by atoms with Gasteiger partial charge in [-0.25, -0.2) is 9.59 Å². The lowest BCUT2D eigenvalue weighted by molar-refractivity contribution is -0.132. The fourth-order valence-electron chi connectivity index (χ4n) is 1.37. The number of carboxylic acids is 1. The van der Waals surface area contributed by atoms with Crippen LogP contribution in [0.2, 0.25) is 0 Å². The Kier molecular flexibility index (Phi) is 5.33. The van der Waals surface area contributed by atoms with Crippen LogP contribution in [0.15, 0.2) is 48.1 Å². The molecule has 2 atom stereocenters. The van der Waals surface area contributed by atoms with Gasteiger partial charge in [0.25, 0.3) is 0 Å². The zero-order chi connectivity index (χ0) is 13.5. The molecule has 0 fully saturated rings. The predicted molar refractivity (Wildman–Crippen MR) is 67.0 cm³/mol. The second kappa shape index (κ2) is 6.77. The number of hydrogen-bond donors (Lipinski definition) is 2. The Morgan fingerprint density at radius 2 is 1.94 bits per heavy atom. The number of aliphatic carboxylic acids is 1. The molecule has 0 radical (unpaired) electrons. The van der Waals surface area contributed by atoms with Crippen molar-refractivity contribution in [1.82, 2.24) is 0 Å². The van der Waals surface area contributed by atoms with Crippen LogP contribution in [0.5, 0.6) is 0 Å². The minimum atomic E-state index is -1.32. The smallest absolute Gasteiger partial charge is 0.333 e. The van der Waals surface area contributed by atoms with Crippen molar-refractivity contribution >= 4 is 23.5 Å². The Labute approximate surface area is 109 Å². The summed E-state index contributed by atoms with van der Waals surface area (Å²) in [7, 11) is 0. The van der Waals surface area contributed by atoms with Crippen molar-refractivity contribution in [3.8, 4) is 0 Å². The van der Waals surface area contributed by atoms with E-state index in [0.29, 0.717) is 5.56 Å². The van der Waals surface area contributed by atoms with Gasteiger partial charge in [-0.3, -0.25) is 0 Å². The normalized spacial score (nSPS) is 14.4. The van der Waals surface area contributed by atoms with Gasteiger partial charge in [-0.15, -0.1) is 11.6 Å². The number of carboxylic acid groups (broad SMARTS) is 1. The zero-order valence-corrected chi connectivity index (χ0v) is 10.0. The number of aliphatic hydroxyl groups is 1. The summed E-state index contributed by atoms with van der Waals surface area (Å²) in [5.41, 5.74) is 0.400. The molecule has 1 aromatic rings. The van der Waals surface area contributed by atoms with Gasteiger partial charge in [0.1, 0.15) is 12.0 Å². The summed E-state index contributed by atoms with van der Waals surface area (Å²) in [4.78, 5) is 21.1. The van der Waals surface area contributed by atoms with Crippen molar-refractivity contribution in [2.24, 2.45) is 0 Å². The van der Waals surface area contributed by atoms with Crippen LogP contribution in [-0.4, -0.2) is 28.2 Å². The molecule has 1 rings (SSSR count). The minimum Gasteiger partial charge on any atom is -0.478 e. The Hall–Kier alpha value is -1.87. The number of carbonyl (C=O) groups is 1. The van der Waals surface area contributed by atoms with E-state index in [0.717, 1.165) is 12.2 Å². The molecule has 0 saturated carbocycles. The highest BCUT2D eigenvalue weighted by Gasteiger charge is 2.20. The third-order valence-electron chi connectivity index (χ3n) is 2.20. The molecule has 0 aliphatic rings. The molecule has 0 heterocycles. The molecule has 0 spiro atoms. The number of hydrogen-bond acceptors (Lipinski definition) is 3. The van der Waals surface area contributed by atoms with Gasteiger partial charge in [0.2, 0.25) is 0 Å². The molecule has 0 bridgehead atoms. The number of halogens is 1. The maximum absolute atomic E-state index is 11.1. The van der Waals surface area contributed by atoms with Gasteiger partial charge in [-0.1, -0.05) is 30.3 Å². The predicted octanol–water partition coefficient (Wildman–Crippen LogP) is 1.73. The first-order valence-electron chi connectivity index (χ1n) is 5.09. The van der Waals surface area contributed by atoms with Crippen molar-refractivity contribution in [3.63, 3.8) is 0 Å². The van der Waals surface area contributed by atoms with E-state index in [2.05, 4.69) is 0 Å². The number of alkyl halides is 1. The van der Waals surface area contributed by atoms with Crippen LogP contribution < -0.4 is 0 Å². The number of aliphatic hydroxyl groups excluding tert-OH is 1. The fraction of sp³-hybridized carbons (Fsp3) is 0.154. The lowest BCUT2D eigenvalue weighted by Crippen LogP contribution is -2.11. The monoisotopic (exact) mass is 266 g/mol. The molecule has 1 aromatic carbocycles. The van der Waals surface area contributed by atoms with Crippen molar-refractivity contribution < 1.29 is 19.8 Å². The van der Waals surface area contributed by atoms with Crippen LogP contribution in [-0.2, 0) is 9.59 Å². The van der Waals surface area contributed by atoms with Gasteiger partial charge in [-0.05, 0) is 11.6 Å². The van der Waals surface area contributed by atoms with E-state index < -0.39 is 17.5 Å². The highest BCUT2D eigenvalue weighted by atomic mass is 35.5. The molecule has 4 nitrogen and oxygen atoms in total. The molecule has 2 unspecified atom stereocenters. The first kappa shape index (κ1) is 14.2. The first-order chi connectivity index (χ1) is 8.56. The van der Waals surface area contributed by atoms with E-state index in [4.69, 9.17) is 16.7 Å². The van der Waals surface area contributed by atoms with E-state index in [1.807, 2.05) is 0 Å². The van der Waals surface area contributed by atoms with Crippen molar-refractivity contribution in [2.75, 3.05) is 0 Å². The standard InChI is InChI=1S/C13H11ClO4/c14-12(9-4-2-1-3-5-9)11(13(17)18)8-10(16)6-7-15/h1-6,8,10,12,16H,(H,17,18). The van der Waals surface area contributed by atoms with Crippen LogP contribution in [0, 0.1) is 0 Å². The highest BCUT2D eigenvalue weighted by Crippen LogP contribution is 2.28. The van der Waals surface area contributed by atoms with Crippen molar-refractivity contribution in [2.45, 2.75) is 11.5 Å². The van der Waals surface area contributed by atoms with E-state index in [9.17, 15) is 14.7 Å². The quantitative estimate of drug-likeness (QED) is 0.483. The molecule has 0 aliphatic heterocycles. The third kappa shape index (κ3) is 3.86. The maximum Gasteiger partial charge on any atom is 0.333 e. The van der Waals surface area contributed by atoms with Crippen LogP contribution >= 0.6 is 11.6 Å². The summed E-state index contributed by atoms with van der Waals surface area (Å²) in [6.45, 7) is 0. The van der Waals surface area contributed by atoms with E-state index in [1.165, 1.54) is 5.94 Å². The Balaban J connectivity index is 3.06. The lowest BCUT2D eigenvalue weighted by atomic mass is 10.0. The molecular weight excluding hydrogens is 256 g/mol. The molecule has 5 heteroatoms. The summed E-state index contributed by atoms with van der Waals surface area (Å²) < 4.78 is 0. The van der Waals surface area contributed by atoms with Crippen LogP contribution in [0.25, 0.3) is 0 Å². The van der Waals surface area contributed by atoms with Crippen LogP contribution in [0.3, 0.4) is 0 Å². The Morgan fingerprint density at radius 3 is 2.44 bits per heavy atom. The Bertz CT molecular complexity index is 489. The largest absolute Gasteiger partial charge is 0.478 e. The SMILES string of the molecule is O=C=CC(O)C=C(C(=O)O)C(Cl)c1ccccc1. The van der Waals surface area contributed by atoms with Gasteiger partial charge in [0.15, 0.2) is 0 Å². The van der Waals surface area contributed by atoms with E-state index >= 15 is 0 Å². The minimum absolute atomic E-state index is 0.193. The summed E-state index contributed by atoms with van der Waals surface area (Å²) in [6.07, 6.45) is 0.494. The average Bonchev–Trinajstić information content (AvgIpc) is 2.36. The van der Waals surface area contributed by atoms with Gasteiger partial charge < -0.3 is 10.2 Å². The fourth-order valence-corrected chi connectivity index (χ4v) is 1.68. The van der Waals surface area contributed by atoms with E-state index in [-0.39, 0.29) is 5.57 Å². The van der Waals surface area contributed by atoms with Crippen LogP contribution in [0.4, 0.5) is 0 Å². The first-order valence-corrected chi connectivity index (χ1v) is 5.53. The summed E-state index contributed by atoms with van der Waals surface area (Å²) in [5, 5.41) is 17.5. The molecule has 0 aromatic heterocycles. The summed E-state index contributed by atoms with van der Waals surface area (Å²) in [5.74, 6) is 0.132.